The standard InChI is InChI=1S/C25H30ClN3O6S/c26-20-8-10-22(11-9-20)36(32,33)29(23-3-1-2-12-27-25(23)31)16-18-4-6-19(7-5-18)24(30)28-15-21-17-34-13-14-35-21/h4-11,21,23H,1-3,12-17H2,(H,27,31)(H,28,30)/t21?,23-/m1/s1. The van der Waals surface area contributed by atoms with E-state index in [-0.39, 0.29) is 29.4 Å². The van der Waals surface area contributed by atoms with Gasteiger partial charge in [0.05, 0.1) is 30.8 Å². The van der Waals surface area contributed by atoms with Gasteiger partial charge in [0.25, 0.3) is 5.91 Å². The maximum Gasteiger partial charge on any atom is 0.251 e. The van der Waals surface area contributed by atoms with Crippen LogP contribution in [0.25, 0.3) is 0 Å². The van der Waals surface area contributed by atoms with Crippen molar-refractivity contribution in [3.05, 3.63) is 64.7 Å². The van der Waals surface area contributed by atoms with Crippen molar-refractivity contribution in [2.45, 2.75) is 42.8 Å². The fourth-order valence-electron chi connectivity index (χ4n) is 4.21. The smallest absolute Gasteiger partial charge is 0.251 e. The topological polar surface area (TPSA) is 114 Å². The van der Waals surface area contributed by atoms with Crippen LogP contribution >= 0.6 is 11.6 Å². The number of halogens is 1. The molecule has 1 unspecified atom stereocenters. The van der Waals surface area contributed by atoms with Crippen molar-refractivity contribution in [2.24, 2.45) is 0 Å². The number of sulfonamides is 1. The first-order chi connectivity index (χ1) is 17.3. The number of rotatable bonds is 8. The molecule has 0 aromatic heterocycles. The highest BCUT2D eigenvalue weighted by molar-refractivity contribution is 7.89. The number of nitrogens with one attached hydrogen (secondary N) is 2. The molecule has 2 fully saturated rings. The number of hydrogen-bond acceptors (Lipinski definition) is 6. The highest BCUT2D eigenvalue weighted by Crippen LogP contribution is 2.26. The van der Waals surface area contributed by atoms with Gasteiger partial charge >= 0.3 is 0 Å². The van der Waals surface area contributed by atoms with Gasteiger partial charge < -0.3 is 20.1 Å². The maximum atomic E-state index is 13.6. The zero-order chi connectivity index (χ0) is 25.5. The van der Waals surface area contributed by atoms with Crippen LogP contribution in [0.1, 0.15) is 35.2 Å². The zero-order valence-electron chi connectivity index (χ0n) is 19.8. The summed E-state index contributed by atoms with van der Waals surface area (Å²) in [7, 11) is -4.00. The van der Waals surface area contributed by atoms with Gasteiger partial charge in [0.15, 0.2) is 0 Å². The SMILES string of the molecule is O=C(NCC1COCCO1)c1ccc(CN([C@@H]2CCCCNC2=O)S(=O)(=O)c2ccc(Cl)cc2)cc1. The lowest BCUT2D eigenvalue weighted by Gasteiger charge is -2.29. The molecule has 2 saturated heterocycles. The van der Waals surface area contributed by atoms with Crippen molar-refractivity contribution in [1.29, 1.82) is 0 Å². The van der Waals surface area contributed by atoms with Gasteiger partial charge in [-0.1, -0.05) is 23.7 Å². The molecule has 11 heteroatoms. The fourth-order valence-corrected chi connectivity index (χ4v) is 5.94. The Kier molecular flexibility index (Phi) is 8.97. The Bertz CT molecular complexity index is 1150. The number of carbonyl (C=O) groups is 2. The summed E-state index contributed by atoms with van der Waals surface area (Å²) in [6.07, 6.45) is 1.76. The third kappa shape index (κ3) is 6.63. The predicted molar refractivity (Wildman–Crippen MR) is 134 cm³/mol. The first-order valence-corrected chi connectivity index (χ1v) is 13.8. The first-order valence-electron chi connectivity index (χ1n) is 12.0. The van der Waals surface area contributed by atoms with Gasteiger partial charge in [0.1, 0.15) is 6.04 Å². The van der Waals surface area contributed by atoms with E-state index in [2.05, 4.69) is 10.6 Å². The van der Waals surface area contributed by atoms with E-state index < -0.39 is 16.1 Å². The summed E-state index contributed by atoms with van der Waals surface area (Å²) in [5, 5.41) is 6.07. The minimum atomic E-state index is -4.00. The number of carbonyl (C=O) groups excluding carboxylic acids is 2. The molecule has 0 saturated carbocycles. The van der Waals surface area contributed by atoms with Gasteiger partial charge in [0.2, 0.25) is 15.9 Å². The van der Waals surface area contributed by atoms with Crippen LogP contribution in [0.2, 0.25) is 5.02 Å². The van der Waals surface area contributed by atoms with Gasteiger partial charge in [-0.05, 0) is 61.2 Å². The van der Waals surface area contributed by atoms with Crippen molar-refractivity contribution >= 4 is 33.4 Å². The zero-order valence-corrected chi connectivity index (χ0v) is 21.4. The maximum absolute atomic E-state index is 13.6. The van der Waals surface area contributed by atoms with E-state index in [1.54, 1.807) is 24.3 Å². The lowest BCUT2D eigenvalue weighted by atomic mass is 10.1. The van der Waals surface area contributed by atoms with E-state index in [4.69, 9.17) is 21.1 Å². The lowest BCUT2D eigenvalue weighted by Crippen LogP contribution is -2.48. The molecule has 0 aliphatic carbocycles. The summed E-state index contributed by atoms with van der Waals surface area (Å²) in [6, 6.07) is 11.7. The molecule has 4 rings (SSSR count). The van der Waals surface area contributed by atoms with Crippen molar-refractivity contribution < 1.29 is 27.5 Å². The van der Waals surface area contributed by atoms with Gasteiger partial charge in [-0.25, -0.2) is 8.42 Å². The molecule has 2 aliphatic heterocycles. The first kappa shape index (κ1) is 26.6. The Labute approximate surface area is 216 Å². The molecule has 2 N–H and O–H groups in total. The summed E-state index contributed by atoms with van der Waals surface area (Å²) >= 11 is 5.95. The van der Waals surface area contributed by atoms with E-state index >= 15 is 0 Å². The number of amides is 2. The molecule has 2 heterocycles. The van der Waals surface area contributed by atoms with Crippen LogP contribution in [0.15, 0.2) is 53.4 Å². The van der Waals surface area contributed by atoms with E-state index in [1.807, 2.05) is 0 Å². The summed E-state index contributed by atoms with van der Waals surface area (Å²) in [5.74, 6) is -0.570. The third-order valence-corrected chi connectivity index (χ3v) is 8.32. The average molecular weight is 536 g/mol. The van der Waals surface area contributed by atoms with E-state index in [9.17, 15) is 18.0 Å². The Balaban J connectivity index is 1.51. The number of benzene rings is 2. The van der Waals surface area contributed by atoms with Gasteiger partial charge in [-0.15, -0.1) is 0 Å². The average Bonchev–Trinajstić information content (AvgIpc) is 3.11. The molecule has 0 spiro atoms. The van der Waals surface area contributed by atoms with E-state index in [0.29, 0.717) is 55.5 Å². The van der Waals surface area contributed by atoms with Crippen LogP contribution in [0.5, 0.6) is 0 Å². The molecular weight excluding hydrogens is 506 g/mol. The normalized spacial score (nSPS) is 21.0. The van der Waals surface area contributed by atoms with Crippen LogP contribution in [0.3, 0.4) is 0 Å². The molecule has 2 amide bonds. The molecule has 2 aromatic carbocycles. The van der Waals surface area contributed by atoms with Crippen LogP contribution in [-0.4, -0.2) is 69.6 Å². The van der Waals surface area contributed by atoms with Crippen LogP contribution in [0.4, 0.5) is 0 Å². The summed E-state index contributed by atoms with van der Waals surface area (Å²) in [6.45, 7) is 2.34. The molecular formula is C25H30ClN3O6S. The van der Waals surface area contributed by atoms with Crippen molar-refractivity contribution in [2.75, 3.05) is 32.9 Å². The van der Waals surface area contributed by atoms with Crippen LogP contribution < -0.4 is 10.6 Å². The number of nitrogens with zero attached hydrogens (tertiary/aromatic N) is 1. The Morgan fingerprint density at radius 1 is 1.08 bits per heavy atom. The van der Waals surface area contributed by atoms with Crippen molar-refractivity contribution in [3.8, 4) is 0 Å². The molecule has 2 aromatic rings. The molecule has 2 aliphatic rings. The quantitative estimate of drug-likeness (QED) is 0.536. The summed E-state index contributed by atoms with van der Waals surface area (Å²) in [5.41, 5.74) is 1.10. The van der Waals surface area contributed by atoms with Crippen LogP contribution in [0, 0.1) is 0 Å². The Morgan fingerprint density at radius 3 is 2.53 bits per heavy atom. The minimum Gasteiger partial charge on any atom is -0.376 e. The largest absolute Gasteiger partial charge is 0.376 e. The predicted octanol–water partition coefficient (Wildman–Crippen LogP) is 2.34. The molecule has 9 nitrogen and oxygen atoms in total. The molecule has 0 bridgehead atoms. The van der Waals surface area contributed by atoms with Crippen LogP contribution in [-0.2, 0) is 30.8 Å². The van der Waals surface area contributed by atoms with E-state index in [0.717, 1.165) is 12.8 Å². The molecule has 194 valence electrons. The fraction of sp³-hybridized carbons (Fsp3) is 0.440. The summed E-state index contributed by atoms with van der Waals surface area (Å²) in [4.78, 5) is 25.4. The molecule has 36 heavy (non-hydrogen) atoms. The second kappa shape index (κ2) is 12.2. The monoisotopic (exact) mass is 535 g/mol. The number of ether oxygens (including phenoxy) is 2. The van der Waals surface area contributed by atoms with Crippen molar-refractivity contribution in [1.82, 2.24) is 14.9 Å². The second-order valence-corrected chi connectivity index (χ2v) is 11.1. The highest BCUT2D eigenvalue weighted by atomic mass is 35.5. The van der Waals surface area contributed by atoms with Crippen molar-refractivity contribution in [3.63, 3.8) is 0 Å². The molecule has 0 radical (unpaired) electrons. The number of hydrogen-bond donors (Lipinski definition) is 2. The summed E-state index contributed by atoms with van der Waals surface area (Å²) < 4.78 is 39.4. The van der Waals surface area contributed by atoms with Gasteiger partial charge in [-0.3, -0.25) is 9.59 Å². The lowest BCUT2D eigenvalue weighted by molar-refractivity contribution is -0.124. The highest BCUT2D eigenvalue weighted by Gasteiger charge is 2.36. The Hall–Kier alpha value is -2.50. The third-order valence-electron chi connectivity index (χ3n) is 6.20. The second-order valence-electron chi connectivity index (χ2n) is 8.78. The van der Waals surface area contributed by atoms with E-state index in [1.165, 1.54) is 28.6 Å². The van der Waals surface area contributed by atoms with Gasteiger partial charge in [-0.2, -0.15) is 4.31 Å². The minimum absolute atomic E-state index is 0.0157. The molecule has 2 atom stereocenters. The van der Waals surface area contributed by atoms with Gasteiger partial charge in [0, 0.05) is 30.2 Å². The Morgan fingerprint density at radius 2 is 1.83 bits per heavy atom.